The molecule has 0 aliphatic carbocycles. The Hall–Kier alpha value is -3.28. The van der Waals surface area contributed by atoms with E-state index in [0.717, 1.165) is 17.5 Å². The summed E-state index contributed by atoms with van der Waals surface area (Å²) >= 11 is 0. The third kappa shape index (κ3) is 5.61. The van der Waals surface area contributed by atoms with Crippen molar-refractivity contribution >= 4 is 18.0 Å². The third-order valence-electron chi connectivity index (χ3n) is 4.16. The fourth-order valence-corrected chi connectivity index (χ4v) is 2.64. The molecule has 1 amide bonds. The molecular weight excluding hydrogens is 358 g/mol. The van der Waals surface area contributed by atoms with E-state index in [0.29, 0.717) is 31.3 Å². The SMILES string of the molecule is C[C@H](OC(=O)/C=C/c1ccc2c(c1)OCCCO2)C(=O)NCc1ccccc1. The van der Waals surface area contributed by atoms with Gasteiger partial charge in [-0.3, -0.25) is 4.79 Å². The van der Waals surface area contributed by atoms with E-state index in [9.17, 15) is 9.59 Å². The van der Waals surface area contributed by atoms with Crippen LogP contribution in [0.4, 0.5) is 0 Å². The number of nitrogens with one attached hydrogen (secondary N) is 1. The van der Waals surface area contributed by atoms with Crippen LogP contribution in [0.2, 0.25) is 0 Å². The lowest BCUT2D eigenvalue weighted by Crippen LogP contribution is -2.35. The van der Waals surface area contributed by atoms with Crippen LogP contribution in [-0.2, 0) is 20.9 Å². The zero-order chi connectivity index (χ0) is 19.8. The lowest BCUT2D eigenvalue weighted by molar-refractivity contribution is -0.150. The van der Waals surface area contributed by atoms with Crippen molar-refractivity contribution in [3.05, 3.63) is 65.7 Å². The number of benzene rings is 2. The Kier molecular flexibility index (Phi) is 6.68. The number of ether oxygens (including phenoxy) is 3. The smallest absolute Gasteiger partial charge is 0.331 e. The van der Waals surface area contributed by atoms with Crippen molar-refractivity contribution in [3.8, 4) is 11.5 Å². The fourth-order valence-electron chi connectivity index (χ4n) is 2.64. The third-order valence-corrected chi connectivity index (χ3v) is 4.16. The minimum Gasteiger partial charge on any atom is -0.490 e. The van der Waals surface area contributed by atoms with Crippen molar-refractivity contribution in [2.75, 3.05) is 13.2 Å². The molecule has 146 valence electrons. The van der Waals surface area contributed by atoms with Gasteiger partial charge in [0.25, 0.3) is 5.91 Å². The number of esters is 1. The molecule has 2 aromatic carbocycles. The van der Waals surface area contributed by atoms with Crippen LogP contribution < -0.4 is 14.8 Å². The Morgan fingerprint density at radius 2 is 1.86 bits per heavy atom. The second kappa shape index (κ2) is 9.60. The normalized spacial score (nSPS) is 14.2. The van der Waals surface area contributed by atoms with Gasteiger partial charge in [-0.1, -0.05) is 36.4 Å². The molecule has 6 nitrogen and oxygen atoms in total. The van der Waals surface area contributed by atoms with E-state index < -0.39 is 12.1 Å². The van der Waals surface area contributed by atoms with Crippen molar-refractivity contribution in [1.82, 2.24) is 5.32 Å². The van der Waals surface area contributed by atoms with Crippen molar-refractivity contribution < 1.29 is 23.8 Å². The van der Waals surface area contributed by atoms with Gasteiger partial charge in [0.05, 0.1) is 13.2 Å². The van der Waals surface area contributed by atoms with Crippen molar-refractivity contribution in [1.29, 1.82) is 0 Å². The van der Waals surface area contributed by atoms with Gasteiger partial charge < -0.3 is 19.5 Å². The Morgan fingerprint density at radius 3 is 2.64 bits per heavy atom. The Morgan fingerprint density at radius 1 is 1.11 bits per heavy atom. The van der Waals surface area contributed by atoms with E-state index in [1.807, 2.05) is 42.5 Å². The number of carbonyl (C=O) groups excluding carboxylic acids is 2. The van der Waals surface area contributed by atoms with Gasteiger partial charge in [0.15, 0.2) is 17.6 Å². The molecule has 0 spiro atoms. The summed E-state index contributed by atoms with van der Waals surface area (Å²) in [4.78, 5) is 24.1. The van der Waals surface area contributed by atoms with E-state index in [1.165, 1.54) is 6.08 Å². The maximum absolute atomic E-state index is 12.1. The fraction of sp³-hybridized carbons (Fsp3) is 0.273. The average Bonchev–Trinajstić information content (AvgIpc) is 2.96. The topological polar surface area (TPSA) is 73.9 Å². The van der Waals surface area contributed by atoms with Crippen LogP contribution in [-0.4, -0.2) is 31.2 Å². The molecule has 0 bridgehead atoms. The van der Waals surface area contributed by atoms with Gasteiger partial charge in [-0.25, -0.2) is 4.79 Å². The molecule has 2 aromatic rings. The van der Waals surface area contributed by atoms with Crippen LogP contribution in [0.15, 0.2) is 54.6 Å². The molecule has 0 aromatic heterocycles. The predicted molar refractivity (Wildman–Crippen MR) is 105 cm³/mol. The zero-order valence-electron chi connectivity index (χ0n) is 15.7. The Bertz CT molecular complexity index is 847. The summed E-state index contributed by atoms with van der Waals surface area (Å²) < 4.78 is 16.4. The Labute approximate surface area is 164 Å². The van der Waals surface area contributed by atoms with Crippen molar-refractivity contribution in [2.45, 2.75) is 26.0 Å². The van der Waals surface area contributed by atoms with Crippen LogP contribution in [0, 0.1) is 0 Å². The number of rotatable bonds is 6. The molecule has 1 atom stereocenters. The van der Waals surface area contributed by atoms with E-state index in [2.05, 4.69) is 5.32 Å². The minimum absolute atomic E-state index is 0.346. The van der Waals surface area contributed by atoms with Crippen molar-refractivity contribution in [2.24, 2.45) is 0 Å². The summed E-state index contributed by atoms with van der Waals surface area (Å²) in [5.74, 6) is 0.415. The first-order chi connectivity index (χ1) is 13.6. The first-order valence-electron chi connectivity index (χ1n) is 9.22. The number of amides is 1. The van der Waals surface area contributed by atoms with Gasteiger partial charge in [-0.05, 0) is 36.3 Å². The quantitative estimate of drug-likeness (QED) is 0.615. The highest BCUT2D eigenvalue weighted by Gasteiger charge is 2.16. The van der Waals surface area contributed by atoms with Gasteiger partial charge >= 0.3 is 5.97 Å². The maximum atomic E-state index is 12.1. The zero-order valence-corrected chi connectivity index (χ0v) is 15.7. The minimum atomic E-state index is -0.885. The first kappa shape index (κ1) is 19.5. The lowest BCUT2D eigenvalue weighted by atomic mass is 10.2. The number of carbonyl (C=O) groups is 2. The van der Waals surface area contributed by atoms with Gasteiger partial charge in [-0.2, -0.15) is 0 Å². The number of fused-ring (bicyclic) bond motifs is 1. The predicted octanol–water partition coefficient (Wildman–Crippen LogP) is 3.11. The molecule has 0 unspecified atom stereocenters. The van der Waals surface area contributed by atoms with Crippen LogP contribution in [0.1, 0.15) is 24.5 Å². The molecular formula is C22H23NO5. The van der Waals surface area contributed by atoms with Crippen LogP contribution in [0.3, 0.4) is 0 Å². The Balaban J connectivity index is 1.50. The number of hydrogen-bond donors (Lipinski definition) is 1. The second-order valence-electron chi connectivity index (χ2n) is 6.37. The second-order valence-corrected chi connectivity index (χ2v) is 6.37. The molecule has 0 saturated carbocycles. The summed E-state index contributed by atoms with van der Waals surface area (Å²) in [5, 5.41) is 2.75. The molecule has 0 saturated heterocycles. The van der Waals surface area contributed by atoms with Crippen LogP contribution in [0.5, 0.6) is 11.5 Å². The maximum Gasteiger partial charge on any atom is 0.331 e. The van der Waals surface area contributed by atoms with E-state index in [-0.39, 0.29) is 5.91 Å². The van der Waals surface area contributed by atoms with Crippen LogP contribution in [0.25, 0.3) is 6.08 Å². The first-order valence-corrected chi connectivity index (χ1v) is 9.22. The molecule has 1 aliphatic heterocycles. The van der Waals surface area contributed by atoms with Gasteiger partial charge in [0.1, 0.15) is 0 Å². The summed E-state index contributed by atoms with van der Waals surface area (Å²) in [7, 11) is 0. The summed E-state index contributed by atoms with van der Waals surface area (Å²) in [6, 6.07) is 15.0. The summed E-state index contributed by atoms with van der Waals surface area (Å²) in [5.41, 5.74) is 1.76. The molecule has 3 rings (SSSR count). The van der Waals surface area contributed by atoms with Gasteiger partial charge in [0, 0.05) is 19.0 Å². The standard InChI is InChI=1S/C22H23NO5/c1-16(22(25)23-15-18-6-3-2-4-7-18)28-21(24)11-9-17-8-10-19-20(14-17)27-13-5-12-26-19/h2-4,6-11,14,16H,5,12-13,15H2,1H3,(H,23,25)/b11-9+/t16-/m0/s1. The van der Waals surface area contributed by atoms with Crippen molar-refractivity contribution in [3.63, 3.8) is 0 Å². The molecule has 0 fully saturated rings. The molecule has 28 heavy (non-hydrogen) atoms. The highest BCUT2D eigenvalue weighted by molar-refractivity contribution is 5.90. The van der Waals surface area contributed by atoms with Crippen LogP contribution >= 0.6 is 0 Å². The highest BCUT2D eigenvalue weighted by atomic mass is 16.5. The van der Waals surface area contributed by atoms with Gasteiger partial charge in [-0.15, -0.1) is 0 Å². The average molecular weight is 381 g/mol. The summed E-state index contributed by atoms with van der Waals surface area (Å²) in [6.45, 7) is 3.14. The lowest BCUT2D eigenvalue weighted by Gasteiger charge is -2.12. The molecule has 6 heteroatoms. The monoisotopic (exact) mass is 381 g/mol. The van der Waals surface area contributed by atoms with Gasteiger partial charge in [0.2, 0.25) is 0 Å². The largest absolute Gasteiger partial charge is 0.490 e. The molecule has 0 radical (unpaired) electrons. The molecule has 1 heterocycles. The number of hydrogen-bond acceptors (Lipinski definition) is 5. The van der Waals surface area contributed by atoms with E-state index >= 15 is 0 Å². The van der Waals surface area contributed by atoms with E-state index in [1.54, 1.807) is 19.1 Å². The summed E-state index contributed by atoms with van der Waals surface area (Å²) in [6.07, 6.45) is 2.85. The van der Waals surface area contributed by atoms with E-state index in [4.69, 9.17) is 14.2 Å². The molecule has 1 aliphatic rings. The highest BCUT2D eigenvalue weighted by Crippen LogP contribution is 2.30. The molecule has 1 N–H and O–H groups in total.